The molecule has 3 aliphatic carbocycles. The van der Waals surface area contributed by atoms with E-state index in [1.807, 2.05) is 0 Å². The van der Waals surface area contributed by atoms with Crippen LogP contribution in [0.15, 0.2) is 12.1 Å². The van der Waals surface area contributed by atoms with Crippen LogP contribution < -0.4 is 10.6 Å². The van der Waals surface area contributed by atoms with Crippen LogP contribution in [0.4, 0.5) is 22.0 Å². The monoisotopic (exact) mass is 478 g/mol. The van der Waals surface area contributed by atoms with Crippen LogP contribution in [0.3, 0.4) is 0 Å². The van der Waals surface area contributed by atoms with E-state index < -0.39 is 70.4 Å². The molecule has 4 rings (SSSR count). The number of amides is 2. The standard InChI is InChI=1S/C22H24ClF5N2O2/c1-11(31)29-15-8-12(9-22(15,27)28)19(32)30-18(16-14(24)3-2-13(23)17(16)25)20-4-6-21(26,10-20)7-5-20/h2-3,12,15,18H,4-10H2,1H3,(H,29,31)(H,30,32)/t12-,15+,18+,20?,21?/m0/s1. The second-order valence-corrected chi connectivity index (χ2v) is 9.95. The molecule has 4 nitrogen and oxygen atoms in total. The van der Waals surface area contributed by atoms with Crippen LogP contribution in [0.2, 0.25) is 5.02 Å². The molecule has 0 radical (unpaired) electrons. The number of carbonyl (C=O) groups excluding carboxylic acids is 2. The van der Waals surface area contributed by atoms with E-state index in [4.69, 9.17) is 11.6 Å². The molecule has 3 saturated carbocycles. The van der Waals surface area contributed by atoms with Crippen molar-refractivity contribution in [1.82, 2.24) is 10.6 Å². The second kappa shape index (κ2) is 7.85. The van der Waals surface area contributed by atoms with Gasteiger partial charge in [-0.1, -0.05) is 11.6 Å². The Balaban J connectivity index is 1.65. The van der Waals surface area contributed by atoms with Crippen molar-refractivity contribution in [1.29, 1.82) is 0 Å². The summed E-state index contributed by atoms with van der Waals surface area (Å²) in [5, 5.41) is 4.39. The average Bonchev–Trinajstić information content (AvgIpc) is 3.32. The number of benzene rings is 1. The van der Waals surface area contributed by atoms with Gasteiger partial charge >= 0.3 is 0 Å². The van der Waals surface area contributed by atoms with Crippen molar-refractivity contribution in [2.45, 2.75) is 75.5 Å². The van der Waals surface area contributed by atoms with Gasteiger partial charge in [-0.3, -0.25) is 9.59 Å². The van der Waals surface area contributed by atoms with Gasteiger partial charge in [0, 0.05) is 24.8 Å². The predicted octanol–water partition coefficient (Wildman–Crippen LogP) is 5.00. The van der Waals surface area contributed by atoms with Crippen LogP contribution in [0.1, 0.15) is 63.5 Å². The highest BCUT2D eigenvalue weighted by molar-refractivity contribution is 6.30. The zero-order chi connectivity index (χ0) is 23.5. The van der Waals surface area contributed by atoms with Gasteiger partial charge in [0.05, 0.1) is 17.1 Å². The second-order valence-electron chi connectivity index (χ2n) is 9.54. The Bertz CT molecular complexity index is 948. The van der Waals surface area contributed by atoms with Crippen molar-refractivity contribution in [3.05, 3.63) is 34.4 Å². The highest BCUT2D eigenvalue weighted by Gasteiger charge is 2.60. The lowest BCUT2D eigenvalue weighted by atomic mass is 9.74. The zero-order valence-corrected chi connectivity index (χ0v) is 18.2. The van der Waals surface area contributed by atoms with Crippen molar-refractivity contribution in [2.75, 3.05) is 0 Å². The topological polar surface area (TPSA) is 58.2 Å². The van der Waals surface area contributed by atoms with Crippen LogP contribution in [-0.2, 0) is 9.59 Å². The fraction of sp³-hybridized carbons (Fsp3) is 0.636. The van der Waals surface area contributed by atoms with E-state index in [1.165, 1.54) is 0 Å². The average molecular weight is 479 g/mol. The molecular weight excluding hydrogens is 455 g/mol. The van der Waals surface area contributed by atoms with E-state index in [-0.39, 0.29) is 30.7 Å². The first-order chi connectivity index (χ1) is 14.9. The number of hydrogen-bond donors (Lipinski definition) is 2. The molecule has 0 saturated heterocycles. The number of hydrogen-bond acceptors (Lipinski definition) is 2. The SMILES string of the molecule is CC(=O)N[C@@H]1C[C@H](C(=O)N[C@H](c2c(F)ccc(Cl)c2F)C23CCC(F)(CC2)C3)CC1(F)F. The Morgan fingerprint density at radius 2 is 1.78 bits per heavy atom. The summed E-state index contributed by atoms with van der Waals surface area (Å²) in [4.78, 5) is 24.3. The van der Waals surface area contributed by atoms with E-state index in [9.17, 15) is 31.5 Å². The van der Waals surface area contributed by atoms with E-state index >= 15 is 0 Å². The van der Waals surface area contributed by atoms with E-state index in [1.54, 1.807) is 0 Å². The normalized spacial score (nSPS) is 33.8. The molecule has 3 atom stereocenters. The Labute approximate surface area is 187 Å². The molecule has 0 aromatic heterocycles. The Morgan fingerprint density at radius 3 is 2.34 bits per heavy atom. The molecule has 10 heteroatoms. The van der Waals surface area contributed by atoms with Gasteiger partial charge in [-0.2, -0.15) is 0 Å². The van der Waals surface area contributed by atoms with Crippen molar-refractivity contribution in [3.63, 3.8) is 0 Å². The minimum absolute atomic E-state index is 0.0195. The minimum atomic E-state index is -3.30. The van der Waals surface area contributed by atoms with Gasteiger partial charge in [0.15, 0.2) is 0 Å². The third kappa shape index (κ3) is 3.97. The van der Waals surface area contributed by atoms with Crippen LogP contribution in [-0.4, -0.2) is 29.4 Å². The van der Waals surface area contributed by atoms with Crippen molar-refractivity contribution < 1.29 is 31.5 Å². The fourth-order valence-electron chi connectivity index (χ4n) is 5.79. The highest BCUT2D eigenvalue weighted by Crippen LogP contribution is 2.63. The largest absolute Gasteiger partial charge is 0.348 e. The number of alkyl halides is 3. The quantitative estimate of drug-likeness (QED) is 0.462. The third-order valence-corrected chi connectivity index (χ3v) is 7.67. The molecule has 0 unspecified atom stereocenters. The molecule has 1 aromatic rings. The van der Waals surface area contributed by atoms with Gasteiger partial charge in [0.2, 0.25) is 11.8 Å². The van der Waals surface area contributed by atoms with Crippen LogP contribution in [0.5, 0.6) is 0 Å². The Hall–Kier alpha value is -1.90. The smallest absolute Gasteiger partial charge is 0.268 e. The molecule has 32 heavy (non-hydrogen) atoms. The maximum atomic E-state index is 15.0. The maximum Gasteiger partial charge on any atom is 0.268 e. The van der Waals surface area contributed by atoms with Gasteiger partial charge in [0.25, 0.3) is 5.92 Å². The lowest BCUT2D eigenvalue weighted by Crippen LogP contribution is -2.43. The predicted molar refractivity (Wildman–Crippen MR) is 107 cm³/mol. The summed E-state index contributed by atoms with van der Waals surface area (Å²) in [6.45, 7) is 1.10. The highest BCUT2D eigenvalue weighted by atomic mass is 35.5. The molecule has 3 aliphatic rings. The van der Waals surface area contributed by atoms with Gasteiger partial charge in [-0.05, 0) is 56.1 Å². The first-order valence-corrected chi connectivity index (χ1v) is 11.0. The number of nitrogens with one attached hydrogen (secondary N) is 2. The van der Waals surface area contributed by atoms with Gasteiger partial charge < -0.3 is 10.6 Å². The lowest BCUT2D eigenvalue weighted by Gasteiger charge is -2.37. The van der Waals surface area contributed by atoms with Crippen molar-refractivity contribution in [2.24, 2.45) is 11.3 Å². The van der Waals surface area contributed by atoms with E-state index in [0.29, 0.717) is 12.8 Å². The summed E-state index contributed by atoms with van der Waals surface area (Å²) in [6, 6.07) is -0.740. The lowest BCUT2D eigenvalue weighted by molar-refractivity contribution is -0.127. The zero-order valence-electron chi connectivity index (χ0n) is 17.4. The number of fused-ring (bicyclic) bond motifs is 2. The molecule has 0 aliphatic heterocycles. The molecule has 3 fully saturated rings. The van der Waals surface area contributed by atoms with Crippen molar-refractivity contribution >= 4 is 23.4 Å². The number of rotatable bonds is 5. The molecular formula is C22H24ClF5N2O2. The summed E-state index contributed by atoms with van der Waals surface area (Å²) in [5.74, 6) is -7.93. The number of carbonyl (C=O) groups is 2. The maximum absolute atomic E-state index is 15.0. The Kier molecular flexibility index (Phi) is 5.71. The molecule has 1 aromatic carbocycles. The summed E-state index contributed by atoms with van der Waals surface area (Å²) in [7, 11) is 0. The molecule has 0 spiro atoms. The van der Waals surface area contributed by atoms with Crippen LogP contribution in [0.25, 0.3) is 0 Å². The number of halogens is 6. The first kappa shape index (κ1) is 23.3. The summed E-state index contributed by atoms with van der Waals surface area (Å²) in [6.07, 6.45) is -0.0939. The van der Waals surface area contributed by atoms with Crippen molar-refractivity contribution in [3.8, 4) is 0 Å². The van der Waals surface area contributed by atoms with Gasteiger partial charge in [-0.25, -0.2) is 22.0 Å². The summed E-state index contributed by atoms with van der Waals surface area (Å²) in [5.41, 5.74) is -2.87. The minimum Gasteiger partial charge on any atom is -0.348 e. The van der Waals surface area contributed by atoms with Gasteiger partial charge in [-0.15, -0.1) is 0 Å². The third-order valence-electron chi connectivity index (χ3n) is 7.37. The van der Waals surface area contributed by atoms with Gasteiger partial charge in [0.1, 0.15) is 17.3 Å². The van der Waals surface area contributed by atoms with Crippen LogP contribution >= 0.6 is 11.6 Å². The van der Waals surface area contributed by atoms with E-state index in [2.05, 4.69) is 10.6 Å². The van der Waals surface area contributed by atoms with Crippen LogP contribution in [0, 0.1) is 23.0 Å². The first-order valence-electron chi connectivity index (χ1n) is 10.6. The molecule has 0 heterocycles. The molecule has 2 bridgehead atoms. The fourth-order valence-corrected chi connectivity index (χ4v) is 5.96. The molecule has 176 valence electrons. The summed E-state index contributed by atoms with van der Waals surface area (Å²) < 4.78 is 73.4. The molecule has 2 N–H and O–H groups in total. The Morgan fingerprint density at radius 1 is 1.12 bits per heavy atom. The van der Waals surface area contributed by atoms with E-state index in [0.717, 1.165) is 19.1 Å². The molecule has 2 amide bonds. The summed E-state index contributed by atoms with van der Waals surface area (Å²) >= 11 is 5.86.